The van der Waals surface area contributed by atoms with Gasteiger partial charge >= 0.3 is 12.4 Å². The van der Waals surface area contributed by atoms with Gasteiger partial charge in [0.1, 0.15) is 0 Å². The summed E-state index contributed by atoms with van der Waals surface area (Å²) in [7, 11) is 0. The van der Waals surface area contributed by atoms with Gasteiger partial charge in [0.15, 0.2) is 5.92 Å². The third-order valence-electron chi connectivity index (χ3n) is 3.26. The second-order valence-corrected chi connectivity index (χ2v) is 4.73. The van der Waals surface area contributed by atoms with Crippen molar-refractivity contribution in [2.75, 3.05) is 6.54 Å². The summed E-state index contributed by atoms with van der Waals surface area (Å²) in [4.78, 5) is 0. The Hall–Kier alpha value is -0.460. The van der Waals surface area contributed by atoms with Crippen molar-refractivity contribution in [3.63, 3.8) is 0 Å². The van der Waals surface area contributed by atoms with Crippen LogP contribution in [0.5, 0.6) is 0 Å². The maximum Gasteiger partial charge on any atom is 0.401 e. The number of halogens is 6. The Kier molecular flexibility index (Phi) is 5.31. The fourth-order valence-corrected chi connectivity index (χ4v) is 2.19. The van der Waals surface area contributed by atoms with Crippen LogP contribution in [0.2, 0.25) is 0 Å². The van der Waals surface area contributed by atoms with Crippen molar-refractivity contribution in [1.29, 1.82) is 0 Å². The monoisotopic (exact) mass is 277 g/mol. The molecule has 108 valence electrons. The van der Waals surface area contributed by atoms with Crippen LogP contribution in [0.3, 0.4) is 0 Å². The number of alkyl halides is 6. The molecule has 0 unspecified atom stereocenters. The molecule has 0 saturated heterocycles. The molecule has 0 aromatic heterocycles. The number of rotatable bonds is 3. The highest BCUT2D eigenvalue weighted by atomic mass is 19.4. The fraction of sp³-hybridized carbons (Fsp3) is 1.00. The van der Waals surface area contributed by atoms with Crippen molar-refractivity contribution >= 4 is 0 Å². The molecule has 0 heterocycles. The van der Waals surface area contributed by atoms with Gasteiger partial charge in [0.25, 0.3) is 0 Å². The van der Waals surface area contributed by atoms with E-state index in [4.69, 9.17) is 0 Å². The molecule has 1 rings (SSSR count). The smallest absolute Gasteiger partial charge is 0.313 e. The van der Waals surface area contributed by atoms with Crippen molar-refractivity contribution in [2.24, 2.45) is 5.92 Å². The van der Waals surface area contributed by atoms with Gasteiger partial charge in [0, 0.05) is 12.6 Å². The van der Waals surface area contributed by atoms with Crippen LogP contribution in [0, 0.1) is 5.92 Å². The molecule has 0 aromatic rings. The molecule has 1 aliphatic rings. The molecule has 0 amide bonds. The predicted molar refractivity (Wildman–Crippen MR) is 55.1 cm³/mol. The van der Waals surface area contributed by atoms with Crippen LogP contribution < -0.4 is 5.32 Å². The van der Waals surface area contributed by atoms with E-state index in [9.17, 15) is 26.3 Å². The predicted octanol–water partition coefficient (Wildman–Crippen LogP) is 4.04. The molecule has 18 heavy (non-hydrogen) atoms. The van der Waals surface area contributed by atoms with Crippen molar-refractivity contribution < 1.29 is 26.3 Å². The van der Waals surface area contributed by atoms with E-state index in [1.165, 1.54) is 0 Å². The van der Waals surface area contributed by atoms with Gasteiger partial charge in [-0.15, -0.1) is 0 Å². The highest BCUT2D eigenvalue weighted by molar-refractivity contribution is 4.80. The van der Waals surface area contributed by atoms with Gasteiger partial charge in [-0.1, -0.05) is 25.7 Å². The molecule has 0 aliphatic heterocycles. The summed E-state index contributed by atoms with van der Waals surface area (Å²) in [6, 6.07) is -0.222. The van der Waals surface area contributed by atoms with E-state index in [-0.39, 0.29) is 6.04 Å². The minimum atomic E-state index is -5.24. The van der Waals surface area contributed by atoms with E-state index in [0.717, 1.165) is 25.7 Å². The minimum absolute atomic E-state index is 0.222. The number of hydrogen-bond donors (Lipinski definition) is 1. The number of nitrogens with one attached hydrogen (secondary N) is 1. The summed E-state index contributed by atoms with van der Waals surface area (Å²) in [6.45, 7) is -1.07. The molecule has 0 atom stereocenters. The largest absolute Gasteiger partial charge is 0.401 e. The lowest BCUT2D eigenvalue weighted by atomic mass is 10.1. The molecule has 1 fully saturated rings. The molecule has 0 spiro atoms. The molecular weight excluding hydrogens is 260 g/mol. The van der Waals surface area contributed by atoms with Crippen LogP contribution in [0.15, 0.2) is 0 Å². The van der Waals surface area contributed by atoms with Gasteiger partial charge < -0.3 is 5.32 Å². The standard InChI is InChI=1S/C11H17F6N/c12-10(13,14)9(11(15,16)17)7-18-8-5-3-1-2-4-6-8/h8-9,18H,1-7H2. The molecule has 1 aliphatic carbocycles. The summed E-state index contributed by atoms with van der Waals surface area (Å²) >= 11 is 0. The quantitative estimate of drug-likeness (QED) is 0.606. The van der Waals surface area contributed by atoms with Gasteiger partial charge in [-0.25, -0.2) is 0 Å². The maximum atomic E-state index is 12.3. The van der Waals surface area contributed by atoms with E-state index in [1.54, 1.807) is 0 Å². The Balaban J connectivity index is 2.51. The van der Waals surface area contributed by atoms with Crippen LogP contribution in [-0.2, 0) is 0 Å². The summed E-state index contributed by atoms with van der Waals surface area (Å²) in [5, 5.41) is 2.43. The van der Waals surface area contributed by atoms with Gasteiger partial charge in [-0.05, 0) is 12.8 Å². The first-order valence-electron chi connectivity index (χ1n) is 6.08. The van der Waals surface area contributed by atoms with Crippen LogP contribution in [0.4, 0.5) is 26.3 Å². The second kappa shape index (κ2) is 6.12. The van der Waals surface area contributed by atoms with Crippen molar-refractivity contribution in [3.05, 3.63) is 0 Å². The third kappa shape index (κ3) is 5.04. The highest BCUT2D eigenvalue weighted by Crippen LogP contribution is 2.38. The Morgan fingerprint density at radius 2 is 1.28 bits per heavy atom. The Morgan fingerprint density at radius 3 is 1.67 bits per heavy atom. The topological polar surface area (TPSA) is 12.0 Å². The average molecular weight is 277 g/mol. The zero-order valence-electron chi connectivity index (χ0n) is 9.87. The van der Waals surface area contributed by atoms with Gasteiger partial charge in [-0.2, -0.15) is 26.3 Å². The van der Waals surface area contributed by atoms with Crippen molar-refractivity contribution in [1.82, 2.24) is 5.32 Å². The fourth-order valence-electron chi connectivity index (χ4n) is 2.19. The van der Waals surface area contributed by atoms with Gasteiger partial charge in [0.05, 0.1) is 0 Å². The lowest BCUT2D eigenvalue weighted by molar-refractivity contribution is -0.282. The average Bonchev–Trinajstić information content (AvgIpc) is 2.42. The lowest BCUT2D eigenvalue weighted by Crippen LogP contribution is -2.45. The van der Waals surface area contributed by atoms with Crippen LogP contribution in [0.25, 0.3) is 0 Å². The molecular formula is C11H17F6N. The first kappa shape index (κ1) is 15.6. The highest BCUT2D eigenvalue weighted by Gasteiger charge is 2.56. The van der Waals surface area contributed by atoms with Crippen molar-refractivity contribution in [2.45, 2.75) is 56.9 Å². The Labute approximate surface area is 102 Å². The third-order valence-corrected chi connectivity index (χ3v) is 3.26. The first-order valence-corrected chi connectivity index (χ1v) is 6.08. The van der Waals surface area contributed by atoms with Gasteiger partial charge in [0.2, 0.25) is 0 Å². The van der Waals surface area contributed by atoms with Crippen LogP contribution in [0.1, 0.15) is 38.5 Å². The molecule has 0 bridgehead atoms. The zero-order chi connectivity index (χ0) is 13.8. The molecule has 0 aromatic carbocycles. The van der Waals surface area contributed by atoms with E-state index in [0.29, 0.717) is 12.8 Å². The molecule has 1 N–H and O–H groups in total. The Bertz CT molecular complexity index is 225. The van der Waals surface area contributed by atoms with Crippen LogP contribution in [-0.4, -0.2) is 24.9 Å². The number of hydrogen-bond acceptors (Lipinski definition) is 1. The van der Waals surface area contributed by atoms with Crippen molar-refractivity contribution in [3.8, 4) is 0 Å². The molecule has 1 saturated carbocycles. The summed E-state index contributed by atoms with van der Waals surface area (Å²) in [6.07, 6.45) is -5.45. The van der Waals surface area contributed by atoms with Gasteiger partial charge in [-0.3, -0.25) is 0 Å². The second-order valence-electron chi connectivity index (χ2n) is 4.73. The Morgan fingerprint density at radius 1 is 0.833 bits per heavy atom. The first-order chi connectivity index (χ1) is 8.21. The normalized spacial score (nSPS) is 20.2. The molecule has 7 heteroatoms. The summed E-state index contributed by atoms with van der Waals surface area (Å²) < 4.78 is 73.7. The zero-order valence-corrected chi connectivity index (χ0v) is 9.87. The van der Waals surface area contributed by atoms with E-state index < -0.39 is 24.8 Å². The minimum Gasteiger partial charge on any atom is -0.313 e. The summed E-state index contributed by atoms with van der Waals surface area (Å²) in [5.74, 6) is -3.27. The molecule has 0 radical (unpaired) electrons. The van der Waals surface area contributed by atoms with Crippen LogP contribution >= 0.6 is 0 Å². The van der Waals surface area contributed by atoms with E-state index in [2.05, 4.69) is 5.32 Å². The maximum absolute atomic E-state index is 12.3. The van der Waals surface area contributed by atoms with E-state index in [1.807, 2.05) is 0 Å². The molecule has 1 nitrogen and oxygen atoms in total. The van der Waals surface area contributed by atoms with E-state index >= 15 is 0 Å². The lowest BCUT2D eigenvalue weighted by Gasteiger charge is -2.25. The summed E-state index contributed by atoms with van der Waals surface area (Å²) in [5.41, 5.74) is 0. The SMILES string of the molecule is FC(F)(F)C(CNC1CCCCCC1)C(F)(F)F.